The van der Waals surface area contributed by atoms with E-state index >= 15 is 0 Å². The predicted octanol–water partition coefficient (Wildman–Crippen LogP) is 0.709. The van der Waals surface area contributed by atoms with Gasteiger partial charge in [0.2, 0.25) is 5.91 Å². The number of likely N-dealkylation sites (tertiary alicyclic amines) is 1. The quantitative estimate of drug-likeness (QED) is 0.613. The van der Waals surface area contributed by atoms with Gasteiger partial charge in [-0.05, 0) is 31.0 Å². The molecule has 3 rings (SSSR count). The molecule has 9 nitrogen and oxygen atoms in total. The molecular weight excluding hydrogens is 412 g/mol. The first-order valence-corrected chi connectivity index (χ1v) is 10.4. The fourth-order valence-corrected chi connectivity index (χ4v) is 4.34. The summed E-state index contributed by atoms with van der Waals surface area (Å²) in [6.45, 7) is 4.49. The number of aliphatic carboxylic acids is 1. The van der Waals surface area contributed by atoms with Crippen molar-refractivity contribution in [3.63, 3.8) is 0 Å². The molecule has 0 bridgehead atoms. The number of nitrogens with zero attached hydrogens (tertiary/aromatic N) is 3. The lowest BCUT2D eigenvalue weighted by Gasteiger charge is -2.49. The molecule has 164 valence electrons. The molecule has 30 heavy (non-hydrogen) atoms. The van der Waals surface area contributed by atoms with Crippen molar-refractivity contribution in [2.45, 2.75) is 38.2 Å². The second-order valence-corrected chi connectivity index (χ2v) is 7.89. The van der Waals surface area contributed by atoms with Crippen LogP contribution in [0.4, 0.5) is 0 Å². The average molecular weight is 439 g/mol. The number of ether oxygens (including phenoxy) is 1. The highest BCUT2D eigenvalue weighted by atomic mass is 35.5. The number of carboxylic acid groups (broad SMARTS) is 1. The van der Waals surface area contributed by atoms with Crippen molar-refractivity contribution in [1.82, 2.24) is 14.7 Å². The number of piperazine rings is 1. The second-order valence-electron chi connectivity index (χ2n) is 7.45. The maximum atomic E-state index is 12.7. The molecule has 0 radical (unpaired) electrons. The van der Waals surface area contributed by atoms with E-state index in [1.807, 2.05) is 24.3 Å². The van der Waals surface area contributed by atoms with Crippen LogP contribution < -0.4 is 5.73 Å². The van der Waals surface area contributed by atoms with Crippen LogP contribution in [0, 0.1) is 0 Å². The van der Waals surface area contributed by atoms with Crippen molar-refractivity contribution in [3.05, 3.63) is 34.9 Å². The lowest BCUT2D eigenvalue weighted by molar-refractivity contribution is -0.243. The number of hydrogen-bond acceptors (Lipinski definition) is 6. The van der Waals surface area contributed by atoms with Crippen LogP contribution in [0.5, 0.6) is 0 Å². The molecule has 2 fully saturated rings. The number of carbonyl (C=O) groups is 3. The van der Waals surface area contributed by atoms with E-state index in [1.54, 1.807) is 11.8 Å². The number of amides is 2. The lowest BCUT2D eigenvalue weighted by Crippen LogP contribution is -2.74. The summed E-state index contributed by atoms with van der Waals surface area (Å²) in [5.74, 6) is -4.40. The van der Waals surface area contributed by atoms with Crippen LogP contribution in [0.1, 0.15) is 25.3 Å². The third-order valence-electron chi connectivity index (χ3n) is 5.61. The van der Waals surface area contributed by atoms with Gasteiger partial charge < -0.3 is 15.6 Å². The summed E-state index contributed by atoms with van der Waals surface area (Å²) in [5, 5.41) is 10.3. The summed E-state index contributed by atoms with van der Waals surface area (Å²) < 4.78 is 5.79. The molecule has 0 spiro atoms. The Labute approximate surface area is 180 Å². The van der Waals surface area contributed by atoms with Crippen LogP contribution in [0.2, 0.25) is 5.02 Å². The van der Waals surface area contributed by atoms with Gasteiger partial charge in [-0.25, -0.2) is 9.69 Å². The third-order valence-corrected chi connectivity index (χ3v) is 5.86. The van der Waals surface area contributed by atoms with E-state index in [-0.39, 0.29) is 19.4 Å². The van der Waals surface area contributed by atoms with E-state index in [9.17, 15) is 19.5 Å². The van der Waals surface area contributed by atoms with E-state index in [0.717, 1.165) is 10.5 Å². The number of carbonyl (C=O) groups excluding carboxylic acids is 2. The number of benzene rings is 1. The Morgan fingerprint density at radius 3 is 2.40 bits per heavy atom. The normalized spacial score (nSPS) is 22.8. The van der Waals surface area contributed by atoms with Crippen LogP contribution in [0.3, 0.4) is 0 Å². The van der Waals surface area contributed by atoms with E-state index in [0.29, 0.717) is 37.7 Å². The van der Waals surface area contributed by atoms with Crippen molar-refractivity contribution in [2.75, 3.05) is 32.8 Å². The molecular formula is C20H27ClN4O5. The second kappa shape index (κ2) is 9.30. The minimum atomic E-state index is -1.91. The topological polar surface area (TPSA) is 116 Å². The van der Waals surface area contributed by atoms with Gasteiger partial charge in [0.15, 0.2) is 0 Å². The highest BCUT2D eigenvalue weighted by molar-refractivity contribution is 6.30. The molecule has 2 atom stereocenters. The molecule has 10 heteroatoms. The summed E-state index contributed by atoms with van der Waals surface area (Å²) in [5.41, 5.74) is 6.86. The zero-order valence-electron chi connectivity index (χ0n) is 16.9. The minimum Gasteiger partial charge on any atom is -0.480 e. The van der Waals surface area contributed by atoms with Gasteiger partial charge in [-0.15, -0.1) is 0 Å². The molecule has 2 saturated heterocycles. The summed E-state index contributed by atoms with van der Waals surface area (Å²) in [4.78, 5) is 42.0. The maximum absolute atomic E-state index is 12.7. The Hall–Kier alpha value is -2.20. The van der Waals surface area contributed by atoms with Gasteiger partial charge in [-0.1, -0.05) is 23.7 Å². The molecule has 1 aromatic carbocycles. The Morgan fingerprint density at radius 2 is 1.87 bits per heavy atom. The standard InChI is InChI=1S/C20H27ClN4O5/c1-2-30-20(19(22)29,25-16(18(27)28)7-8-17(25)26)24-11-9-23(10-12-24)13-14-3-5-15(21)6-4-14/h3-6,16H,2,7-13H2,1H3,(H2,22,29)(H,27,28)/t16-,20?/m1/s1. The fourth-order valence-electron chi connectivity index (χ4n) is 4.21. The number of hydrogen-bond donors (Lipinski definition) is 2. The minimum absolute atomic E-state index is 0.0373. The first-order valence-electron chi connectivity index (χ1n) is 10.00. The number of primary amides is 1. The van der Waals surface area contributed by atoms with E-state index < -0.39 is 29.7 Å². The van der Waals surface area contributed by atoms with E-state index in [4.69, 9.17) is 22.1 Å². The SMILES string of the molecule is CCOC(C(N)=O)(N1CCN(Cc2ccc(Cl)cc2)CC1)N1C(=O)CC[C@@H]1C(=O)O. The molecule has 3 N–H and O–H groups in total. The van der Waals surface area contributed by atoms with Gasteiger partial charge in [0, 0.05) is 50.8 Å². The third kappa shape index (κ3) is 4.29. The van der Waals surface area contributed by atoms with Crippen LogP contribution in [0.25, 0.3) is 0 Å². The van der Waals surface area contributed by atoms with Gasteiger partial charge in [-0.2, -0.15) is 0 Å². The first-order chi connectivity index (χ1) is 14.3. The van der Waals surface area contributed by atoms with Crippen molar-refractivity contribution >= 4 is 29.4 Å². The Kier molecular flexibility index (Phi) is 6.97. The van der Waals surface area contributed by atoms with Gasteiger partial charge in [-0.3, -0.25) is 19.4 Å². The van der Waals surface area contributed by atoms with E-state index in [2.05, 4.69) is 4.90 Å². The van der Waals surface area contributed by atoms with Crippen molar-refractivity contribution < 1.29 is 24.2 Å². The van der Waals surface area contributed by atoms with Crippen LogP contribution in [-0.2, 0) is 25.7 Å². The van der Waals surface area contributed by atoms with Gasteiger partial charge in [0.05, 0.1) is 0 Å². The molecule has 2 aliphatic heterocycles. The average Bonchev–Trinajstić information content (AvgIpc) is 3.10. The van der Waals surface area contributed by atoms with Gasteiger partial charge in [0.1, 0.15) is 6.04 Å². The van der Waals surface area contributed by atoms with Crippen LogP contribution in [0.15, 0.2) is 24.3 Å². The Balaban J connectivity index is 1.80. The Bertz CT molecular complexity index is 797. The monoisotopic (exact) mass is 438 g/mol. The van der Waals surface area contributed by atoms with Crippen molar-refractivity contribution in [3.8, 4) is 0 Å². The van der Waals surface area contributed by atoms with Gasteiger partial charge >= 0.3 is 5.97 Å². The highest BCUT2D eigenvalue weighted by Crippen LogP contribution is 2.33. The van der Waals surface area contributed by atoms with Crippen LogP contribution >= 0.6 is 11.6 Å². The fraction of sp³-hybridized carbons (Fsp3) is 0.550. The summed E-state index contributed by atoms with van der Waals surface area (Å²) in [6.07, 6.45) is 0.155. The molecule has 2 amide bonds. The molecule has 2 aliphatic rings. The maximum Gasteiger partial charge on any atom is 0.326 e. The Morgan fingerprint density at radius 1 is 1.23 bits per heavy atom. The molecule has 0 aromatic heterocycles. The smallest absolute Gasteiger partial charge is 0.326 e. The van der Waals surface area contributed by atoms with Crippen LogP contribution in [-0.4, -0.2) is 82.3 Å². The molecule has 1 unspecified atom stereocenters. The first kappa shape index (κ1) is 22.5. The largest absolute Gasteiger partial charge is 0.480 e. The molecule has 0 aliphatic carbocycles. The number of carboxylic acids is 1. The summed E-state index contributed by atoms with van der Waals surface area (Å²) in [7, 11) is 0. The number of halogens is 1. The van der Waals surface area contributed by atoms with E-state index in [1.165, 1.54) is 0 Å². The zero-order valence-corrected chi connectivity index (χ0v) is 17.7. The predicted molar refractivity (Wildman–Crippen MR) is 109 cm³/mol. The number of nitrogens with two attached hydrogens (primary N) is 1. The molecule has 1 aromatic rings. The van der Waals surface area contributed by atoms with Crippen molar-refractivity contribution in [2.24, 2.45) is 5.73 Å². The zero-order chi connectivity index (χ0) is 21.9. The lowest BCUT2D eigenvalue weighted by atomic mass is 10.1. The molecule has 2 heterocycles. The summed E-state index contributed by atoms with van der Waals surface area (Å²) in [6, 6.07) is 6.45. The highest BCUT2D eigenvalue weighted by Gasteiger charge is 2.57. The van der Waals surface area contributed by atoms with Gasteiger partial charge in [0.25, 0.3) is 11.8 Å². The summed E-state index contributed by atoms with van der Waals surface area (Å²) >= 11 is 5.94. The van der Waals surface area contributed by atoms with Crippen molar-refractivity contribution in [1.29, 1.82) is 0 Å². The molecule has 0 saturated carbocycles. The number of rotatable bonds is 8.